The second-order valence-corrected chi connectivity index (χ2v) is 7.79. The summed E-state index contributed by atoms with van der Waals surface area (Å²) in [6.07, 6.45) is 5.01. The molecule has 2 heterocycles. The number of hydrogen-bond donors (Lipinski definition) is 1. The largest absolute Gasteiger partial charge is 0.497 e. The molecule has 166 valence electrons. The van der Waals surface area contributed by atoms with E-state index in [1.807, 2.05) is 53.4 Å². The predicted octanol–water partition coefficient (Wildman–Crippen LogP) is 4.12. The Labute approximate surface area is 187 Å². The highest BCUT2D eigenvalue weighted by atomic mass is 16.5. The first-order chi connectivity index (χ1) is 15.6. The Hall–Kier alpha value is -3.61. The Kier molecular flexibility index (Phi) is 6.84. The molecule has 1 fully saturated rings. The van der Waals surface area contributed by atoms with Gasteiger partial charge < -0.3 is 19.4 Å². The topological polar surface area (TPSA) is 84.7 Å². The summed E-state index contributed by atoms with van der Waals surface area (Å²) >= 11 is 0. The molecule has 1 aliphatic heterocycles. The average Bonchev–Trinajstić information content (AvgIpc) is 3.31. The lowest BCUT2D eigenvalue weighted by molar-refractivity contribution is -0.121. The summed E-state index contributed by atoms with van der Waals surface area (Å²) in [5, 5.41) is 2.93. The molecule has 0 unspecified atom stereocenters. The van der Waals surface area contributed by atoms with Gasteiger partial charge in [0.15, 0.2) is 11.7 Å². The van der Waals surface area contributed by atoms with E-state index in [0.717, 1.165) is 42.0 Å². The van der Waals surface area contributed by atoms with Gasteiger partial charge in [-0.25, -0.2) is 4.98 Å². The van der Waals surface area contributed by atoms with Crippen molar-refractivity contribution in [3.8, 4) is 17.1 Å². The van der Waals surface area contributed by atoms with Gasteiger partial charge in [-0.05, 0) is 54.8 Å². The van der Waals surface area contributed by atoms with E-state index in [2.05, 4.69) is 10.3 Å². The minimum Gasteiger partial charge on any atom is -0.497 e. The fourth-order valence-electron chi connectivity index (χ4n) is 3.70. The molecule has 0 aliphatic carbocycles. The molecule has 4 rings (SSSR count). The van der Waals surface area contributed by atoms with E-state index in [0.29, 0.717) is 37.5 Å². The van der Waals surface area contributed by atoms with Crippen LogP contribution < -0.4 is 15.0 Å². The molecule has 1 N–H and O–H groups in total. The number of aromatic nitrogens is 1. The van der Waals surface area contributed by atoms with Crippen molar-refractivity contribution in [3.63, 3.8) is 0 Å². The maximum absolute atomic E-state index is 12.2. The molecule has 1 aliphatic rings. The van der Waals surface area contributed by atoms with E-state index in [-0.39, 0.29) is 11.8 Å². The minimum absolute atomic E-state index is 0.0653. The Balaban J connectivity index is 1.24. The second kappa shape index (κ2) is 10.1. The second-order valence-electron chi connectivity index (χ2n) is 7.79. The maximum Gasteiger partial charge on any atom is 0.226 e. The van der Waals surface area contributed by atoms with Crippen LogP contribution >= 0.6 is 0 Å². The van der Waals surface area contributed by atoms with Gasteiger partial charge in [-0.1, -0.05) is 12.1 Å². The highest BCUT2D eigenvalue weighted by Crippen LogP contribution is 2.24. The molecule has 1 saturated heterocycles. The van der Waals surface area contributed by atoms with Gasteiger partial charge in [0.1, 0.15) is 5.75 Å². The molecule has 1 aromatic heterocycles. The smallest absolute Gasteiger partial charge is 0.226 e. The summed E-state index contributed by atoms with van der Waals surface area (Å²) in [5.74, 6) is 2.08. The van der Waals surface area contributed by atoms with Gasteiger partial charge in [0.05, 0.1) is 13.3 Å². The third-order valence-electron chi connectivity index (χ3n) is 5.56. The number of nitrogens with zero attached hydrogens (tertiary/aromatic N) is 2. The molecule has 0 bridgehead atoms. The SMILES string of the molecule is COc1ccc(-c2cnc(CCC(=O)NCc3ccc(N4CCCCC4=O)cc3)o2)cc1. The standard InChI is InChI=1S/C25H27N3O4/c1-31-21-11-7-19(8-12-21)22-17-27-24(32-22)14-13-23(29)26-16-18-5-9-20(10-6-18)28-15-3-2-4-25(28)30/h5-12,17H,2-4,13-16H2,1H3,(H,26,29). The number of methoxy groups -OCH3 is 1. The van der Waals surface area contributed by atoms with Crippen molar-refractivity contribution < 1.29 is 18.7 Å². The number of ether oxygens (including phenoxy) is 1. The van der Waals surface area contributed by atoms with Gasteiger partial charge >= 0.3 is 0 Å². The van der Waals surface area contributed by atoms with Crippen LogP contribution in [0.15, 0.2) is 59.1 Å². The number of carbonyl (C=O) groups excluding carboxylic acids is 2. The van der Waals surface area contributed by atoms with E-state index in [1.54, 1.807) is 13.3 Å². The fourth-order valence-corrected chi connectivity index (χ4v) is 3.70. The quantitative estimate of drug-likeness (QED) is 0.578. The van der Waals surface area contributed by atoms with Crippen molar-refractivity contribution in [2.45, 2.75) is 38.6 Å². The van der Waals surface area contributed by atoms with Crippen molar-refractivity contribution in [2.75, 3.05) is 18.6 Å². The van der Waals surface area contributed by atoms with Gasteiger partial charge in [0, 0.05) is 43.6 Å². The van der Waals surface area contributed by atoms with E-state index in [4.69, 9.17) is 9.15 Å². The molecule has 7 heteroatoms. The number of anilines is 1. The predicted molar refractivity (Wildman–Crippen MR) is 121 cm³/mol. The molecule has 0 atom stereocenters. The lowest BCUT2D eigenvalue weighted by Gasteiger charge is -2.26. The number of hydrogen-bond acceptors (Lipinski definition) is 5. The zero-order valence-electron chi connectivity index (χ0n) is 18.2. The number of aryl methyl sites for hydroxylation is 1. The number of oxazole rings is 1. The third-order valence-corrected chi connectivity index (χ3v) is 5.56. The molecular formula is C25H27N3O4. The zero-order chi connectivity index (χ0) is 22.3. The molecule has 7 nitrogen and oxygen atoms in total. The van der Waals surface area contributed by atoms with Crippen molar-refractivity contribution in [3.05, 3.63) is 66.2 Å². The monoisotopic (exact) mass is 433 g/mol. The van der Waals surface area contributed by atoms with Crippen LogP contribution in [0, 0.1) is 0 Å². The molecule has 0 radical (unpaired) electrons. The highest BCUT2D eigenvalue weighted by Gasteiger charge is 2.19. The molecular weight excluding hydrogens is 406 g/mol. The van der Waals surface area contributed by atoms with Gasteiger partial charge in [-0.3, -0.25) is 9.59 Å². The van der Waals surface area contributed by atoms with Gasteiger partial charge in [-0.2, -0.15) is 0 Å². The molecule has 2 amide bonds. The third kappa shape index (κ3) is 5.35. The molecule has 0 saturated carbocycles. The number of rotatable bonds is 8. The van der Waals surface area contributed by atoms with Crippen molar-refractivity contribution >= 4 is 17.5 Å². The number of benzene rings is 2. The molecule has 3 aromatic rings. The van der Waals surface area contributed by atoms with Crippen LogP contribution in [-0.2, 0) is 22.6 Å². The van der Waals surface area contributed by atoms with Crippen molar-refractivity contribution in [1.82, 2.24) is 10.3 Å². The van der Waals surface area contributed by atoms with E-state index in [9.17, 15) is 9.59 Å². The number of amides is 2. The lowest BCUT2D eigenvalue weighted by atomic mass is 10.1. The lowest BCUT2D eigenvalue weighted by Crippen LogP contribution is -2.35. The Morgan fingerprint density at radius 2 is 1.91 bits per heavy atom. The number of piperidine rings is 1. The van der Waals surface area contributed by atoms with Crippen molar-refractivity contribution in [2.24, 2.45) is 0 Å². The highest BCUT2D eigenvalue weighted by molar-refractivity contribution is 5.93. The summed E-state index contributed by atoms with van der Waals surface area (Å²) in [6, 6.07) is 15.3. The summed E-state index contributed by atoms with van der Waals surface area (Å²) < 4.78 is 10.9. The normalized spacial score (nSPS) is 13.8. The van der Waals surface area contributed by atoms with Crippen LogP contribution in [0.4, 0.5) is 5.69 Å². The molecule has 0 spiro atoms. The Morgan fingerprint density at radius 1 is 1.12 bits per heavy atom. The van der Waals surface area contributed by atoms with Crippen molar-refractivity contribution in [1.29, 1.82) is 0 Å². The fraction of sp³-hybridized carbons (Fsp3) is 0.320. The first kappa shape index (κ1) is 21.6. The number of nitrogens with one attached hydrogen (secondary N) is 1. The number of carbonyl (C=O) groups is 2. The van der Waals surface area contributed by atoms with E-state index >= 15 is 0 Å². The van der Waals surface area contributed by atoms with Crippen LogP contribution in [0.2, 0.25) is 0 Å². The van der Waals surface area contributed by atoms with Crippen LogP contribution in [0.5, 0.6) is 5.75 Å². The van der Waals surface area contributed by atoms with Crippen LogP contribution in [0.3, 0.4) is 0 Å². The van der Waals surface area contributed by atoms with E-state index in [1.165, 1.54) is 0 Å². The van der Waals surface area contributed by atoms with Crippen LogP contribution in [-0.4, -0.2) is 30.5 Å². The van der Waals surface area contributed by atoms with Gasteiger partial charge in [0.2, 0.25) is 11.8 Å². The van der Waals surface area contributed by atoms with Crippen LogP contribution in [0.1, 0.15) is 37.1 Å². The first-order valence-electron chi connectivity index (χ1n) is 10.9. The van der Waals surface area contributed by atoms with Gasteiger partial charge in [-0.15, -0.1) is 0 Å². The average molecular weight is 434 g/mol. The zero-order valence-corrected chi connectivity index (χ0v) is 18.2. The Morgan fingerprint density at radius 3 is 2.62 bits per heavy atom. The summed E-state index contributed by atoms with van der Waals surface area (Å²) in [7, 11) is 1.62. The minimum atomic E-state index is -0.0653. The maximum atomic E-state index is 12.2. The Bertz CT molecular complexity index is 1060. The summed E-state index contributed by atoms with van der Waals surface area (Å²) in [4.78, 5) is 30.4. The van der Waals surface area contributed by atoms with Gasteiger partial charge in [0.25, 0.3) is 0 Å². The van der Waals surface area contributed by atoms with Crippen LogP contribution in [0.25, 0.3) is 11.3 Å². The molecule has 32 heavy (non-hydrogen) atoms. The first-order valence-corrected chi connectivity index (χ1v) is 10.9. The summed E-state index contributed by atoms with van der Waals surface area (Å²) in [5.41, 5.74) is 2.81. The van der Waals surface area contributed by atoms with E-state index < -0.39 is 0 Å². The summed E-state index contributed by atoms with van der Waals surface area (Å²) in [6.45, 7) is 1.21. The molecule has 2 aromatic carbocycles.